The van der Waals surface area contributed by atoms with Gasteiger partial charge in [-0.3, -0.25) is 0 Å². The first kappa shape index (κ1) is 8.61. The number of rotatable bonds is 1. The number of allylic oxidation sites excluding steroid dienone is 1. The lowest BCUT2D eigenvalue weighted by Crippen LogP contribution is -1.90. The highest BCUT2D eigenvalue weighted by Crippen LogP contribution is 2.04. The second-order valence-corrected chi connectivity index (χ2v) is 2.71. The molecule has 0 spiro atoms. The van der Waals surface area contributed by atoms with Gasteiger partial charge >= 0.3 is 5.97 Å². The van der Waals surface area contributed by atoms with Crippen LogP contribution in [-0.4, -0.2) is 12.6 Å². The molecule has 2 heteroatoms. The van der Waals surface area contributed by atoms with Crippen LogP contribution >= 0.6 is 0 Å². The van der Waals surface area contributed by atoms with Crippen molar-refractivity contribution in [2.45, 2.75) is 13.3 Å². The van der Waals surface area contributed by atoms with E-state index >= 15 is 0 Å². The Labute approximate surface area is 71.9 Å². The zero-order chi connectivity index (χ0) is 8.97. The van der Waals surface area contributed by atoms with Crippen molar-refractivity contribution in [3.05, 3.63) is 23.8 Å². The van der Waals surface area contributed by atoms with Gasteiger partial charge in [0.05, 0.1) is 0 Å². The average molecular weight is 162 g/mol. The molecule has 0 amide bonds. The molecule has 0 N–H and O–H groups in total. The second-order valence-electron chi connectivity index (χ2n) is 2.71. The Morgan fingerprint density at radius 1 is 1.83 bits per heavy atom. The number of esters is 1. The molecule has 0 aromatic carbocycles. The van der Waals surface area contributed by atoms with Gasteiger partial charge in [-0.15, -0.1) is 0 Å². The molecule has 1 aliphatic heterocycles. The Bertz CT molecular complexity index is 300. The third kappa shape index (κ3) is 2.63. The number of ether oxygens (including phenoxy) is 1. The summed E-state index contributed by atoms with van der Waals surface area (Å²) in [6.07, 6.45) is 2.09. The standard InChI is InChI=1S/C10H10O2/c1-8(2)4-3-5-9-6-10(11)12-7-9/h6H,1,4,7H2,2H3. The van der Waals surface area contributed by atoms with Crippen LogP contribution in [0, 0.1) is 11.8 Å². The maximum absolute atomic E-state index is 10.6. The Kier molecular flexibility index (Phi) is 2.71. The summed E-state index contributed by atoms with van der Waals surface area (Å²) < 4.78 is 4.67. The summed E-state index contributed by atoms with van der Waals surface area (Å²) in [6.45, 7) is 5.95. The minimum absolute atomic E-state index is 0.297. The van der Waals surface area contributed by atoms with Crippen LogP contribution in [0.3, 0.4) is 0 Å². The molecule has 62 valence electrons. The number of carbonyl (C=O) groups excluding carboxylic acids is 1. The van der Waals surface area contributed by atoms with Gasteiger partial charge in [-0.1, -0.05) is 24.0 Å². The van der Waals surface area contributed by atoms with Crippen LogP contribution < -0.4 is 0 Å². The SMILES string of the molecule is C=C(C)CC#CC1=CC(=O)OC1. The molecule has 2 nitrogen and oxygen atoms in total. The molecule has 0 fully saturated rings. The molecule has 0 bridgehead atoms. The first-order valence-corrected chi connectivity index (χ1v) is 3.69. The van der Waals surface area contributed by atoms with Crippen molar-refractivity contribution in [1.82, 2.24) is 0 Å². The fourth-order valence-corrected chi connectivity index (χ4v) is 0.755. The number of cyclic esters (lactones) is 1. The van der Waals surface area contributed by atoms with Crippen molar-refractivity contribution in [2.24, 2.45) is 0 Å². The van der Waals surface area contributed by atoms with Gasteiger partial charge in [0.2, 0.25) is 0 Å². The topological polar surface area (TPSA) is 26.3 Å². The smallest absolute Gasteiger partial charge is 0.332 e. The van der Waals surface area contributed by atoms with Crippen LogP contribution in [0.25, 0.3) is 0 Å². The molecule has 0 atom stereocenters. The quantitative estimate of drug-likeness (QED) is 0.331. The maximum atomic E-state index is 10.6. The van der Waals surface area contributed by atoms with Crippen molar-refractivity contribution in [3.8, 4) is 11.8 Å². The Morgan fingerprint density at radius 2 is 2.58 bits per heavy atom. The molecule has 1 aliphatic rings. The molecule has 1 heterocycles. The first-order valence-electron chi connectivity index (χ1n) is 3.69. The summed E-state index contributed by atoms with van der Waals surface area (Å²) in [4.78, 5) is 10.6. The minimum atomic E-state index is -0.297. The van der Waals surface area contributed by atoms with E-state index < -0.39 is 0 Å². The Balaban J connectivity index is 2.49. The van der Waals surface area contributed by atoms with Gasteiger partial charge in [0.15, 0.2) is 0 Å². The molecule has 0 unspecified atom stereocenters. The van der Waals surface area contributed by atoms with Crippen LogP contribution in [0.2, 0.25) is 0 Å². The van der Waals surface area contributed by atoms with E-state index in [-0.39, 0.29) is 5.97 Å². The van der Waals surface area contributed by atoms with Crippen molar-refractivity contribution < 1.29 is 9.53 Å². The summed E-state index contributed by atoms with van der Waals surface area (Å²) in [7, 11) is 0. The van der Waals surface area contributed by atoms with Gasteiger partial charge in [-0.05, 0) is 6.92 Å². The number of hydrogen-bond donors (Lipinski definition) is 0. The second kappa shape index (κ2) is 3.77. The van der Waals surface area contributed by atoms with Gasteiger partial charge in [0, 0.05) is 18.1 Å². The lowest BCUT2D eigenvalue weighted by molar-refractivity contribution is -0.134. The predicted molar refractivity (Wildman–Crippen MR) is 46.2 cm³/mol. The third-order valence-electron chi connectivity index (χ3n) is 1.30. The van der Waals surface area contributed by atoms with Crippen LogP contribution in [0.5, 0.6) is 0 Å². The van der Waals surface area contributed by atoms with E-state index in [1.54, 1.807) is 0 Å². The minimum Gasteiger partial charge on any atom is -0.457 e. The van der Waals surface area contributed by atoms with Crippen molar-refractivity contribution in [2.75, 3.05) is 6.61 Å². The molecular formula is C10H10O2. The van der Waals surface area contributed by atoms with Crippen molar-refractivity contribution in [1.29, 1.82) is 0 Å². The summed E-state index contributed by atoms with van der Waals surface area (Å²) in [5.74, 6) is 5.45. The predicted octanol–water partition coefficient (Wildman–Crippen LogP) is 1.44. The van der Waals surface area contributed by atoms with E-state index in [4.69, 9.17) is 0 Å². The summed E-state index contributed by atoms with van der Waals surface area (Å²) >= 11 is 0. The highest BCUT2D eigenvalue weighted by Gasteiger charge is 2.09. The normalized spacial score (nSPS) is 14.4. The largest absolute Gasteiger partial charge is 0.457 e. The van der Waals surface area contributed by atoms with Gasteiger partial charge in [-0.2, -0.15) is 0 Å². The lowest BCUT2D eigenvalue weighted by Gasteiger charge is -1.87. The summed E-state index contributed by atoms with van der Waals surface area (Å²) in [5, 5.41) is 0. The van der Waals surface area contributed by atoms with E-state index in [1.165, 1.54) is 6.08 Å². The highest BCUT2D eigenvalue weighted by atomic mass is 16.5. The van der Waals surface area contributed by atoms with Crippen molar-refractivity contribution in [3.63, 3.8) is 0 Å². The molecule has 0 saturated heterocycles. The van der Waals surface area contributed by atoms with Crippen LogP contribution in [0.15, 0.2) is 23.8 Å². The highest BCUT2D eigenvalue weighted by molar-refractivity contribution is 5.86. The molecule has 0 saturated carbocycles. The van der Waals surface area contributed by atoms with Crippen LogP contribution in [-0.2, 0) is 9.53 Å². The fourth-order valence-electron chi connectivity index (χ4n) is 0.755. The molecule has 0 aromatic rings. The van der Waals surface area contributed by atoms with E-state index in [2.05, 4.69) is 23.2 Å². The van der Waals surface area contributed by atoms with Gasteiger partial charge in [0.1, 0.15) is 6.61 Å². The number of hydrogen-bond acceptors (Lipinski definition) is 2. The zero-order valence-electron chi connectivity index (χ0n) is 7.02. The van der Waals surface area contributed by atoms with Gasteiger partial charge in [0.25, 0.3) is 0 Å². The molecule has 1 rings (SSSR count). The van der Waals surface area contributed by atoms with Crippen LogP contribution in [0.1, 0.15) is 13.3 Å². The molecule has 0 radical (unpaired) electrons. The monoisotopic (exact) mass is 162 g/mol. The fraction of sp³-hybridized carbons (Fsp3) is 0.300. The average Bonchev–Trinajstić information content (AvgIpc) is 2.35. The van der Waals surface area contributed by atoms with Gasteiger partial charge in [-0.25, -0.2) is 4.79 Å². The maximum Gasteiger partial charge on any atom is 0.332 e. The van der Waals surface area contributed by atoms with Gasteiger partial charge < -0.3 is 4.74 Å². The van der Waals surface area contributed by atoms with E-state index in [0.717, 1.165) is 11.1 Å². The van der Waals surface area contributed by atoms with E-state index in [0.29, 0.717) is 13.0 Å². The molecule has 12 heavy (non-hydrogen) atoms. The van der Waals surface area contributed by atoms with E-state index in [1.807, 2.05) is 6.92 Å². The van der Waals surface area contributed by atoms with Crippen LogP contribution in [0.4, 0.5) is 0 Å². The lowest BCUT2D eigenvalue weighted by atomic mass is 10.2. The Morgan fingerprint density at radius 3 is 3.08 bits per heavy atom. The summed E-state index contributed by atoms with van der Waals surface area (Å²) in [6, 6.07) is 0. The number of carbonyl (C=O) groups is 1. The molecule has 0 aliphatic carbocycles. The first-order chi connectivity index (χ1) is 5.68. The van der Waals surface area contributed by atoms with E-state index in [9.17, 15) is 4.79 Å². The van der Waals surface area contributed by atoms with Crippen molar-refractivity contribution >= 4 is 5.97 Å². The Hall–Kier alpha value is -1.49. The summed E-state index contributed by atoms with van der Waals surface area (Å²) in [5.41, 5.74) is 1.77. The molecule has 0 aromatic heterocycles. The zero-order valence-corrected chi connectivity index (χ0v) is 7.02. The molecular weight excluding hydrogens is 152 g/mol. The third-order valence-corrected chi connectivity index (χ3v) is 1.30.